The van der Waals surface area contributed by atoms with Crippen LogP contribution >= 0.6 is 0 Å². The van der Waals surface area contributed by atoms with Crippen molar-refractivity contribution in [2.75, 3.05) is 28.6 Å². The van der Waals surface area contributed by atoms with Gasteiger partial charge in [-0.3, -0.25) is 19.4 Å². The highest BCUT2D eigenvalue weighted by Crippen LogP contribution is 2.25. The number of aromatic nitrogens is 1. The first-order valence-corrected chi connectivity index (χ1v) is 16.4. The normalized spacial score (nSPS) is 17.4. The smallest absolute Gasteiger partial charge is 0.415 e. The summed E-state index contributed by atoms with van der Waals surface area (Å²) in [6.45, 7) is 12.5. The second-order valence-electron chi connectivity index (χ2n) is 13.3. The lowest BCUT2D eigenvalue weighted by Gasteiger charge is -2.28. The van der Waals surface area contributed by atoms with Gasteiger partial charge in [0.25, 0.3) is 0 Å². The molecular weight excluding hydrogens is 628 g/mol. The van der Waals surface area contributed by atoms with Crippen molar-refractivity contribution >= 4 is 41.2 Å². The molecule has 2 saturated heterocycles. The fourth-order valence-electron chi connectivity index (χ4n) is 5.91. The summed E-state index contributed by atoms with van der Waals surface area (Å²) in [4.78, 5) is 56.1. The van der Waals surface area contributed by atoms with E-state index in [1.165, 1.54) is 16.1 Å². The van der Waals surface area contributed by atoms with Gasteiger partial charge < -0.3 is 29.5 Å². The Morgan fingerprint density at radius 3 is 1.76 bits per heavy atom. The number of nitrogens with one attached hydrogen (secondary N) is 2. The molecule has 5 rings (SSSR count). The van der Waals surface area contributed by atoms with E-state index in [1.807, 2.05) is 53.4 Å². The van der Waals surface area contributed by atoms with Crippen LogP contribution in [0, 0.1) is 0 Å². The fourth-order valence-corrected chi connectivity index (χ4v) is 5.91. The zero-order valence-electron chi connectivity index (χ0n) is 28.4. The van der Waals surface area contributed by atoms with Crippen LogP contribution in [0.5, 0.6) is 0 Å². The number of likely N-dealkylation sites (tertiary alicyclic amines) is 2. The number of amides is 4. The van der Waals surface area contributed by atoms with Crippen molar-refractivity contribution in [2.24, 2.45) is 0 Å². The summed E-state index contributed by atoms with van der Waals surface area (Å²) < 4.78 is 15.7. The fraction of sp³-hybridized carbons (Fsp3) is 0.417. The molecule has 0 spiro atoms. The molecule has 2 N–H and O–H groups in total. The molecule has 2 aliphatic rings. The minimum atomic E-state index is -0.639. The van der Waals surface area contributed by atoms with E-state index < -0.39 is 29.9 Å². The molecule has 0 bridgehead atoms. The van der Waals surface area contributed by atoms with Crippen molar-refractivity contribution in [2.45, 2.75) is 84.2 Å². The van der Waals surface area contributed by atoms with Crippen molar-refractivity contribution in [1.82, 2.24) is 15.0 Å². The summed E-state index contributed by atoms with van der Waals surface area (Å²) in [6, 6.07) is 15.6. The molecule has 260 valence electrons. The molecule has 2 aliphatic heterocycles. The molecule has 49 heavy (non-hydrogen) atoms. The maximum atomic E-state index is 13.1. The van der Waals surface area contributed by atoms with Crippen molar-refractivity contribution < 1.29 is 33.2 Å². The van der Waals surface area contributed by atoms with Crippen LogP contribution in [0.4, 0.5) is 26.8 Å². The van der Waals surface area contributed by atoms with Crippen molar-refractivity contribution in [3.05, 3.63) is 84.3 Å². The number of carbonyl (C=O) groups is 4. The predicted octanol–water partition coefficient (Wildman–Crippen LogP) is 6.29. The Morgan fingerprint density at radius 1 is 0.837 bits per heavy atom. The quantitative estimate of drug-likeness (QED) is 0.237. The van der Waals surface area contributed by atoms with Crippen LogP contribution in [0.15, 0.2) is 77.7 Å². The van der Waals surface area contributed by atoms with Crippen LogP contribution in [0.25, 0.3) is 0 Å². The average molecular weight is 673 g/mol. The lowest BCUT2D eigenvalue weighted by atomic mass is 10.1. The molecule has 0 radical (unpaired) electrons. The number of ether oxygens (including phenoxy) is 2. The van der Waals surface area contributed by atoms with E-state index in [-0.39, 0.29) is 17.6 Å². The largest absolute Gasteiger partial charge is 0.444 e. The Hall–Kier alpha value is -5.33. The number of benzene rings is 2. The molecule has 3 heterocycles. The van der Waals surface area contributed by atoms with Crippen molar-refractivity contribution in [3.8, 4) is 0 Å². The first-order chi connectivity index (χ1) is 23.4. The van der Waals surface area contributed by atoms with E-state index in [4.69, 9.17) is 14.0 Å². The molecule has 3 aromatic rings. The highest BCUT2D eigenvalue weighted by atomic mass is 16.6. The number of carbonyl (C=O) groups excluding carboxylic acids is 4. The van der Waals surface area contributed by atoms with E-state index in [1.54, 1.807) is 33.8 Å². The lowest BCUT2D eigenvalue weighted by molar-refractivity contribution is -0.120. The molecule has 0 aliphatic carbocycles. The number of hydrogen-bond acceptors (Lipinski definition) is 9. The molecule has 0 saturated carbocycles. The van der Waals surface area contributed by atoms with Crippen LogP contribution in [0.2, 0.25) is 0 Å². The summed E-state index contributed by atoms with van der Waals surface area (Å²) in [5.74, 6) is 0.421. The van der Waals surface area contributed by atoms with Gasteiger partial charge in [-0.15, -0.1) is 0 Å². The monoisotopic (exact) mass is 672 g/mol. The zero-order valence-corrected chi connectivity index (χ0v) is 28.4. The summed E-state index contributed by atoms with van der Waals surface area (Å²) in [5, 5.41) is 10.00. The zero-order chi connectivity index (χ0) is 35.1. The highest BCUT2D eigenvalue weighted by Gasteiger charge is 2.37. The van der Waals surface area contributed by atoms with Gasteiger partial charge in [0.05, 0.1) is 5.76 Å². The van der Waals surface area contributed by atoms with Crippen LogP contribution in [0.1, 0.15) is 64.5 Å². The van der Waals surface area contributed by atoms with Gasteiger partial charge in [0, 0.05) is 43.6 Å². The third kappa shape index (κ3) is 9.40. The van der Waals surface area contributed by atoms with Crippen molar-refractivity contribution in [1.29, 1.82) is 0 Å². The highest BCUT2D eigenvalue weighted by molar-refractivity contribution is 5.97. The molecule has 13 heteroatoms. The summed E-state index contributed by atoms with van der Waals surface area (Å²) >= 11 is 0. The summed E-state index contributed by atoms with van der Waals surface area (Å²) in [6.07, 6.45) is 3.06. The number of hydrogen-bond donors (Lipinski definition) is 2. The maximum Gasteiger partial charge on any atom is 0.415 e. The van der Waals surface area contributed by atoms with Gasteiger partial charge in [0.1, 0.15) is 23.9 Å². The molecular formula is C36H44N6O7. The molecule has 2 atom stereocenters. The lowest BCUT2D eigenvalue weighted by Crippen LogP contribution is -2.45. The minimum absolute atomic E-state index is 0.245. The number of allylic oxidation sites excluding steroid dienone is 1. The van der Waals surface area contributed by atoms with E-state index >= 15 is 0 Å². The van der Waals surface area contributed by atoms with E-state index in [9.17, 15) is 19.2 Å². The number of nitrogens with zero attached hydrogens (tertiary/aromatic N) is 4. The Labute approximate surface area is 286 Å². The second kappa shape index (κ2) is 15.3. The third-order valence-corrected chi connectivity index (χ3v) is 8.17. The van der Waals surface area contributed by atoms with E-state index in [0.29, 0.717) is 62.6 Å². The van der Waals surface area contributed by atoms with E-state index in [0.717, 1.165) is 17.5 Å². The van der Waals surface area contributed by atoms with Gasteiger partial charge in [0.15, 0.2) is 5.82 Å². The van der Waals surface area contributed by atoms with Gasteiger partial charge in [-0.05, 0) is 88.8 Å². The van der Waals surface area contributed by atoms with Gasteiger partial charge in [-0.25, -0.2) is 9.59 Å². The Kier molecular flexibility index (Phi) is 10.9. The molecule has 1 aromatic heterocycles. The summed E-state index contributed by atoms with van der Waals surface area (Å²) in [5.41, 5.74) is 2.56. The predicted molar refractivity (Wildman–Crippen MR) is 184 cm³/mol. The topological polar surface area (TPSA) is 147 Å². The van der Waals surface area contributed by atoms with Crippen molar-refractivity contribution in [3.63, 3.8) is 0 Å². The Bertz CT molecular complexity index is 1630. The number of anilines is 3. The number of rotatable bonds is 10. The van der Waals surface area contributed by atoms with Crippen LogP contribution < -0.4 is 15.5 Å². The van der Waals surface area contributed by atoms with Gasteiger partial charge in [-0.2, -0.15) is 0 Å². The molecule has 13 nitrogen and oxygen atoms in total. The van der Waals surface area contributed by atoms with E-state index in [2.05, 4.69) is 22.4 Å². The second-order valence-corrected chi connectivity index (χ2v) is 13.3. The maximum absolute atomic E-state index is 13.1. The molecule has 2 fully saturated rings. The minimum Gasteiger partial charge on any atom is -0.444 e. The first-order valence-electron chi connectivity index (χ1n) is 16.4. The standard InChI is InChI=1S/C36H44N6O7/c1-24(2)48-34(45)41-19-6-8-29(41)32(43)37-27-14-10-25(11-15-27)22-40(31-18-21-47-39-31)23-26-12-16-28(17-13-26)38-33(44)30-9-7-20-42(30)35(46)49-36(3,4)5/h10-18,21,29-30H,1,6-9,19-20,22-23H2,2-5H3,(H,37,43)(H,38,44)/t29-,30-/m0/s1. The van der Waals surface area contributed by atoms with Crippen LogP contribution in [-0.2, 0) is 32.2 Å². The van der Waals surface area contributed by atoms with Gasteiger partial charge in [0.2, 0.25) is 11.8 Å². The van der Waals surface area contributed by atoms with Crippen LogP contribution in [0.3, 0.4) is 0 Å². The average Bonchev–Trinajstić information content (AvgIpc) is 3.84. The third-order valence-electron chi connectivity index (χ3n) is 8.17. The summed E-state index contributed by atoms with van der Waals surface area (Å²) in [7, 11) is 0. The van der Waals surface area contributed by atoms with Gasteiger partial charge >= 0.3 is 12.2 Å². The van der Waals surface area contributed by atoms with Gasteiger partial charge in [-0.1, -0.05) is 36.0 Å². The Morgan fingerprint density at radius 2 is 1.33 bits per heavy atom. The molecule has 2 aromatic carbocycles. The molecule has 4 amide bonds. The Balaban J connectivity index is 1.18. The first kappa shape index (κ1) is 35.0. The van der Waals surface area contributed by atoms with Crippen LogP contribution in [-0.4, -0.2) is 69.7 Å². The molecule has 0 unspecified atom stereocenters. The SMILES string of the molecule is C=C(C)OC(=O)N1CCC[C@H]1C(=O)Nc1ccc(CN(Cc2ccc(NC(=O)[C@@H]3CCCN3C(=O)OC(C)(C)C)cc2)c2ccon2)cc1.